The molecule has 1 heteroatoms. The van der Waals surface area contributed by atoms with Crippen molar-refractivity contribution in [3.05, 3.63) is 65.4 Å². The maximum absolute atomic E-state index is 5.81. The average Bonchev–Trinajstić information content (AvgIpc) is 2.84. The van der Waals surface area contributed by atoms with Gasteiger partial charge in [0.05, 0.1) is 5.56 Å². The molecule has 0 aliphatic carbocycles. The van der Waals surface area contributed by atoms with Gasteiger partial charge in [-0.1, -0.05) is 47.9 Å². The fourth-order valence-electron chi connectivity index (χ4n) is 2.46. The second-order valence-electron chi connectivity index (χ2n) is 5.06. The van der Waals surface area contributed by atoms with E-state index in [1.165, 1.54) is 11.1 Å². The Kier molecular flexibility index (Phi) is 3.38. The van der Waals surface area contributed by atoms with E-state index in [0.717, 1.165) is 27.9 Å². The highest BCUT2D eigenvalue weighted by Crippen LogP contribution is 2.31. The Balaban J connectivity index is 2.20. The van der Waals surface area contributed by atoms with Gasteiger partial charge in [0.1, 0.15) is 11.3 Å². The third-order valence-electron chi connectivity index (χ3n) is 3.56. The highest BCUT2D eigenvalue weighted by molar-refractivity contribution is 5.91. The first-order chi connectivity index (χ1) is 10.2. The van der Waals surface area contributed by atoms with Gasteiger partial charge in [0.15, 0.2) is 0 Å². The molecule has 0 unspecified atom stereocenters. The zero-order chi connectivity index (χ0) is 14.8. The summed E-state index contributed by atoms with van der Waals surface area (Å²) in [6, 6.07) is 14.6. The minimum atomic E-state index is 0.746. The van der Waals surface area contributed by atoms with Gasteiger partial charge in [-0.3, -0.25) is 0 Å². The second-order valence-corrected chi connectivity index (χ2v) is 5.06. The van der Waals surface area contributed by atoms with Gasteiger partial charge in [-0.15, -0.1) is 6.42 Å². The number of benzene rings is 2. The van der Waals surface area contributed by atoms with Crippen LogP contribution in [0.4, 0.5) is 0 Å². The Labute approximate surface area is 124 Å². The summed E-state index contributed by atoms with van der Waals surface area (Å²) >= 11 is 0. The molecule has 0 fully saturated rings. The third-order valence-corrected chi connectivity index (χ3v) is 3.56. The Morgan fingerprint density at radius 1 is 1.05 bits per heavy atom. The first-order valence-electron chi connectivity index (χ1n) is 6.96. The first-order valence-corrected chi connectivity index (χ1v) is 6.96. The molecule has 0 spiro atoms. The minimum Gasteiger partial charge on any atom is -0.455 e. The predicted octanol–water partition coefficient (Wildman–Crippen LogP) is 5.42. The maximum Gasteiger partial charge on any atom is 0.143 e. The van der Waals surface area contributed by atoms with Crippen LogP contribution < -0.4 is 0 Å². The first kappa shape index (κ1) is 13.3. The van der Waals surface area contributed by atoms with E-state index >= 15 is 0 Å². The lowest BCUT2D eigenvalue weighted by molar-refractivity contribution is 0.603. The van der Waals surface area contributed by atoms with E-state index in [0.29, 0.717) is 0 Å². The molecule has 0 atom stereocenters. The van der Waals surface area contributed by atoms with E-state index in [1.807, 2.05) is 25.1 Å². The van der Waals surface area contributed by atoms with E-state index in [1.54, 1.807) is 0 Å². The molecule has 0 aliphatic heterocycles. The summed E-state index contributed by atoms with van der Waals surface area (Å²) in [7, 11) is 0. The molecular weight excluding hydrogens is 256 g/mol. The fraction of sp³-hybridized carbons (Fsp3) is 0.100. The molecule has 0 amide bonds. The van der Waals surface area contributed by atoms with Crippen LogP contribution in [-0.2, 0) is 0 Å². The highest BCUT2D eigenvalue weighted by Gasteiger charge is 2.11. The number of rotatable bonds is 2. The van der Waals surface area contributed by atoms with Gasteiger partial charge >= 0.3 is 0 Å². The lowest BCUT2D eigenvalue weighted by Crippen LogP contribution is -1.80. The normalized spacial score (nSPS) is 11.1. The summed E-state index contributed by atoms with van der Waals surface area (Å²) in [4.78, 5) is 0. The van der Waals surface area contributed by atoms with Crippen molar-refractivity contribution in [2.75, 3.05) is 0 Å². The summed E-state index contributed by atoms with van der Waals surface area (Å²) in [5.41, 5.74) is 5.22. The van der Waals surface area contributed by atoms with E-state index in [2.05, 4.69) is 49.2 Å². The Hall–Kier alpha value is -2.72. The quantitative estimate of drug-likeness (QED) is 0.567. The SMILES string of the molecule is C#Cc1c(/C=C\C)oc2ccc(-c3ccc(C)cc3)cc12. The van der Waals surface area contributed by atoms with E-state index in [-0.39, 0.29) is 0 Å². The molecule has 0 N–H and O–H groups in total. The number of fused-ring (bicyclic) bond motifs is 1. The molecule has 1 aromatic heterocycles. The summed E-state index contributed by atoms with van der Waals surface area (Å²) < 4.78 is 5.81. The molecule has 1 nitrogen and oxygen atoms in total. The lowest BCUT2D eigenvalue weighted by atomic mass is 10.0. The average molecular weight is 272 g/mol. The molecule has 2 aromatic carbocycles. The standard InChI is InChI=1S/C20H16O/c1-4-6-19-17(5-2)18-13-16(11-12-20(18)21-19)15-9-7-14(3)8-10-15/h2,4,6-13H,1,3H3/b6-4-. The van der Waals surface area contributed by atoms with Crippen molar-refractivity contribution in [2.24, 2.45) is 0 Å². The molecule has 0 aliphatic rings. The Morgan fingerprint density at radius 2 is 1.76 bits per heavy atom. The van der Waals surface area contributed by atoms with Crippen molar-refractivity contribution in [3.8, 4) is 23.5 Å². The van der Waals surface area contributed by atoms with Crippen LogP contribution in [-0.4, -0.2) is 0 Å². The van der Waals surface area contributed by atoms with Gasteiger partial charge in [-0.2, -0.15) is 0 Å². The van der Waals surface area contributed by atoms with Crippen molar-refractivity contribution in [1.82, 2.24) is 0 Å². The van der Waals surface area contributed by atoms with E-state index < -0.39 is 0 Å². The maximum atomic E-state index is 5.81. The second kappa shape index (κ2) is 5.34. The van der Waals surface area contributed by atoms with Gasteiger partial charge in [-0.25, -0.2) is 0 Å². The van der Waals surface area contributed by atoms with Crippen molar-refractivity contribution in [3.63, 3.8) is 0 Å². The zero-order valence-electron chi connectivity index (χ0n) is 12.2. The van der Waals surface area contributed by atoms with Crippen LogP contribution in [0.5, 0.6) is 0 Å². The molecule has 0 radical (unpaired) electrons. The number of aryl methyl sites for hydroxylation is 1. The molecule has 3 aromatic rings. The summed E-state index contributed by atoms with van der Waals surface area (Å²) in [5.74, 6) is 3.49. The van der Waals surface area contributed by atoms with Crippen molar-refractivity contribution < 1.29 is 4.42 Å². The van der Waals surface area contributed by atoms with Crippen molar-refractivity contribution >= 4 is 17.0 Å². The Morgan fingerprint density at radius 3 is 2.43 bits per heavy atom. The highest BCUT2D eigenvalue weighted by atomic mass is 16.3. The number of allylic oxidation sites excluding steroid dienone is 1. The van der Waals surface area contributed by atoms with Crippen molar-refractivity contribution in [2.45, 2.75) is 13.8 Å². The Bertz CT molecular complexity index is 855. The molecule has 21 heavy (non-hydrogen) atoms. The molecule has 0 saturated carbocycles. The predicted molar refractivity (Wildman–Crippen MR) is 89.0 cm³/mol. The van der Waals surface area contributed by atoms with Crippen LogP contribution in [0.3, 0.4) is 0 Å². The van der Waals surface area contributed by atoms with E-state index in [9.17, 15) is 0 Å². The molecule has 1 heterocycles. The fourth-order valence-corrected chi connectivity index (χ4v) is 2.46. The van der Waals surface area contributed by atoms with Crippen LogP contribution in [0.2, 0.25) is 0 Å². The van der Waals surface area contributed by atoms with Gasteiger partial charge in [0, 0.05) is 5.39 Å². The van der Waals surface area contributed by atoms with Gasteiger partial charge in [0.25, 0.3) is 0 Å². The summed E-state index contributed by atoms with van der Waals surface area (Å²) in [6.45, 7) is 4.04. The van der Waals surface area contributed by atoms with Crippen molar-refractivity contribution in [1.29, 1.82) is 0 Å². The largest absolute Gasteiger partial charge is 0.455 e. The number of hydrogen-bond acceptors (Lipinski definition) is 1. The zero-order valence-corrected chi connectivity index (χ0v) is 12.2. The van der Waals surface area contributed by atoms with Gasteiger partial charge in [0.2, 0.25) is 0 Å². The smallest absolute Gasteiger partial charge is 0.143 e. The molecule has 0 saturated heterocycles. The molecular formula is C20H16O. The third kappa shape index (κ3) is 2.37. The van der Waals surface area contributed by atoms with Crippen LogP contribution in [0, 0.1) is 19.3 Å². The minimum absolute atomic E-state index is 0.746. The number of furan rings is 1. The number of hydrogen-bond donors (Lipinski definition) is 0. The van der Waals surface area contributed by atoms with Crippen LogP contribution in [0.25, 0.3) is 28.2 Å². The van der Waals surface area contributed by atoms with Crippen LogP contribution in [0.1, 0.15) is 23.8 Å². The number of terminal acetylenes is 1. The van der Waals surface area contributed by atoms with Crippen LogP contribution >= 0.6 is 0 Å². The molecule has 102 valence electrons. The van der Waals surface area contributed by atoms with Gasteiger partial charge < -0.3 is 4.42 Å². The van der Waals surface area contributed by atoms with E-state index in [4.69, 9.17) is 10.8 Å². The van der Waals surface area contributed by atoms with Crippen LogP contribution in [0.15, 0.2) is 53.0 Å². The lowest BCUT2D eigenvalue weighted by Gasteiger charge is -2.02. The molecule has 3 rings (SSSR count). The monoisotopic (exact) mass is 272 g/mol. The van der Waals surface area contributed by atoms with Gasteiger partial charge in [-0.05, 0) is 43.2 Å². The topological polar surface area (TPSA) is 13.1 Å². The summed E-state index contributed by atoms with van der Waals surface area (Å²) in [6.07, 6.45) is 9.49. The summed E-state index contributed by atoms with van der Waals surface area (Å²) in [5, 5.41) is 0.990. The molecule has 0 bridgehead atoms.